The molecule has 1 aromatic carbocycles. The molecule has 6 heteroatoms. The average Bonchev–Trinajstić information content (AvgIpc) is 3.54. The second kappa shape index (κ2) is 9.03. The van der Waals surface area contributed by atoms with Crippen molar-refractivity contribution in [3.05, 3.63) is 40.5 Å². The van der Waals surface area contributed by atoms with Crippen molar-refractivity contribution >= 4 is 17.6 Å². The van der Waals surface area contributed by atoms with Gasteiger partial charge < -0.3 is 9.47 Å². The van der Waals surface area contributed by atoms with Crippen LogP contribution in [0.4, 0.5) is 0 Å². The fourth-order valence-corrected chi connectivity index (χ4v) is 6.11. The summed E-state index contributed by atoms with van der Waals surface area (Å²) >= 11 is 1.67. The van der Waals surface area contributed by atoms with Crippen molar-refractivity contribution in [2.45, 2.75) is 51.0 Å². The zero-order valence-electron chi connectivity index (χ0n) is 18.4. The Morgan fingerprint density at radius 3 is 2.65 bits per heavy atom. The van der Waals surface area contributed by atoms with Crippen molar-refractivity contribution in [3.63, 3.8) is 0 Å². The fraction of sp³-hybridized carbons (Fsp3) is 0.520. The van der Waals surface area contributed by atoms with Gasteiger partial charge in [-0.25, -0.2) is 4.68 Å². The zero-order valence-corrected chi connectivity index (χ0v) is 19.2. The van der Waals surface area contributed by atoms with E-state index in [1.165, 1.54) is 44.9 Å². The van der Waals surface area contributed by atoms with Crippen LogP contribution in [-0.2, 0) is 0 Å². The largest absolute Gasteiger partial charge is 0.497 e. The maximum Gasteiger partial charge on any atom is 0.206 e. The van der Waals surface area contributed by atoms with Crippen molar-refractivity contribution in [2.75, 3.05) is 14.2 Å². The lowest BCUT2D eigenvalue weighted by atomic mass is 9.95. The molecule has 0 N–H and O–H groups in total. The van der Waals surface area contributed by atoms with Gasteiger partial charge in [-0.1, -0.05) is 31.4 Å². The van der Waals surface area contributed by atoms with Gasteiger partial charge in [-0.3, -0.25) is 4.99 Å². The summed E-state index contributed by atoms with van der Waals surface area (Å²) in [5, 5.41) is 7.17. The molecular formula is C25H31N3O2S. The van der Waals surface area contributed by atoms with E-state index in [0.29, 0.717) is 17.9 Å². The molecule has 3 atom stereocenters. The van der Waals surface area contributed by atoms with Crippen LogP contribution in [0.2, 0.25) is 0 Å². The molecule has 2 bridgehead atoms. The molecule has 2 aromatic rings. The predicted molar refractivity (Wildman–Crippen MR) is 126 cm³/mol. The Morgan fingerprint density at radius 1 is 1.06 bits per heavy atom. The molecule has 3 aliphatic carbocycles. The van der Waals surface area contributed by atoms with E-state index in [2.05, 4.69) is 23.7 Å². The standard InChI is InChI=1S/C25H31N3O2S/c1-29-21-10-11-24(30-2)22(14-21)23-16-31-25(27-20-6-4-3-5-7-20)28(23)26-15-19-13-17-8-9-18(19)12-17/h8-11,14-20H,3-7,12-13H2,1-2H3. The van der Waals surface area contributed by atoms with Crippen LogP contribution in [0.1, 0.15) is 44.9 Å². The highest BCUT2D eigenvalue weighted by atomic mass is 32.1. The molecule has 31 heavy (non-hydrogen) atoms. The van der Waals surface area contributed by atoms with Gasteiger partial charge in [0, 0.05) is 23.1 Å². The molecular weight excluding hydrogens is 406 g/mol. The maximum absolute atomic E-state index is 5.68. The number of fused-ring (bicyclic) bond motifs is 2. The van der Waals surface area contributed by atoms with Crippen molar-refractivity contribution in [2.24, 2.45) is 27.8 Å². The minimum absolute atomic E-state index is 0.402. The van der Waals surface area contributed by atoms with Crippen LogP contribution in [0.15, 0.2) is 45.8 Å². The van der Waals surface area contributed by atoms with Gasteiger partial charge in [0.05, 0.1) is 26.0 Å². The van der Waals surface area contributed by atoms with E-state index in [-0.39, 0.29) is 0 Å². The molecule has 1 aromatic heterocycles. The average molecular weight is 438 g/mol. The Balaban J connectivity index is 1.57. The highest BCUT2D eigenvalue weighted by Crippen LogP contribution is 2.42. The Hall–Kier alpha value is -2.34. The number of hydrogen-bond acceptors (Lipinski definition) is 5. The van der Waals surface area contributed by atoms with Gasteiger partial charge in [0.1, 0.15) is 11.5 Å². The van der Waals surface area contributed by atoms with Crippen LogP contribution in [0.3, 0.4) is 0 Å². The number of thiazole rings is 1. The van der Waals surface area contributed by atoms with E-state index in [4.69, 9.17) is 19.6 Å². The third-order valence-corrected chi connectivity index (χ3v) is 7.77. The van der Waals surface area contributed by atoms with Gasteiger partial charge in [-0.05, 0) is 55.7 Å². The molecule has 2 fully saturated rings. The molecule has 0 aliphatic heterocycles. The van der Waals surface area contributed by atoms with E-state index in [9.17, 15) is 0 Å². The summed E-state index contributed by atoms with van der Waals surface area (Å²) in [6.07, 6.45) is 15.6. The summed E-state index contributed by atoms with van der Waals surface area (Å²) in [5.74, 6) is 3.51. The molecule has 0 amide bonds. The van der Waals surface area contributed by atoms with Crippen LogP contribution < -0.4 is 14.3 Å². The molecule has 3 aliphatic rings. The minimum Gasteiger partial charge on any atom is -0.497 e. The minimum atomic E-state index is 0.402. The smallest absolute Gasteiger partial charge is 0.206 e. The summed E-state index contributed by atoms with van der Waals surface area (Å²) in [5.41, 5.74) is 1.98. The molecule has 164 valence electrons. The normalized spacial score (nSPS) is 26.3. The van der Waals surface area contributed by atoms with Crippen LogP contribution in [0, 0.1) is 17.8 Å². The summed E-state index contributed by atoms with van der Waals surface area (Å²) in [4.78, 5) is 6.11. The van der Waals surface area contributed by atoms with Crippen LogP contribution >= 0.6 is 11.3 Å². The van der Waals surface area contributed by atoms with Gasteiger partial charge in [0.15, 0.2) is 0 Å². The molecule has 5 rings (SSSR count). The maximum atomic E-state index is 5.68. The van der Waals surface area contributed by atoms with E-state index < -0.39 is 0 Å². The lowest BCUT2D eigenvalue weighted by Crippen LogP contribution is -2.20. The van der Waals surface area contributed by atoms with Crippen molar-refractivity contribution in [1.82, 2.24) is 4.68 Å². The topological polar surface area (TPSA) is 48.1 Å². The summed E-state index contributed by atoms with van der Waals surface area (Å²) < 4.78 is 13.2. The Bertz CT molecular complexity index is 1050. The Labute approximate surface area is 188 Å². The monoisotopic (exact) mass is 437 g/mol. The quantitative estimate of drug-likeness (QED) is 0.442. The summed E-state index contributed by atoms with van der Waals surface area (Å²) in [7, 11) is 3.40. The zero-order chi connectivity index (χ0) is 21.2. The predicted octanol–water partition coefficient (Wildman–Crippen LogP) is 5.51. The fourth-order valence-electron chi connectivity index (χ4n) is 5.21. The van der Waals surface area contributed by atoms with Crippen molar-refractivity contribution in [1.29, 1.82) is 0 Å². The molecule has 3 unspecified atom stereocenters. The number of benzene rings is 1. The first-order valence-electron chi connectivity index (χ1n) is 11.4. The van der Waals surface area contributed by atoms with Crippen molar-refractivity contribution in [3.8, 4) is 22.8 Å². The third kappa shape index (κ3) is 4.22. The second-order valence-electron chi connectivity index (χ2n) is 8.91. The van der Waals surface area contributed by atoms with E-state index in [0.717, 1.165) is 33.5 Å². The number of methoxy groups -OCH3 is 2. The lowest BCUT2D eigenvalue weighted by Gasteiger charge is -2.17. The second-order valence-corrected chi connectivity index (χ2v) is 9.75. The first-order valence-corrected chi connectivity index (χ1v) is 12.3. The number of rotatable bonds is 6. The molecule has 2 saturated carbocycles. The van der Waals surface area contributed by atoms with Gasteiger partial charge in [0.2, 0.25) is 4.80 Å². The first kappa shape index (κ1) is 20.6. The highest BCUT2D eigenvalue weighted by molar-refractivity contribution is 7.07. The summed E-state index contributed by atoms with van der Waals surface area (Å²) in [6, 6.07) is 6.31. The number of aromatic nitrogens is 1. The molecule has 0 radical (unpaired) electrons. The summed E-state index contributed by atoms with van der Waals surface area (Å²) in [6.45, 7) is 0. The Morgan fingerprint density at radius 2 is 1.94 bits per heavy atom. The van der Waals surface area contributed by atoms with Gasteiger partial charge in [-0.2, -0.15) is 5.10 Å². The SMILES string of the molecule is COc1ccc(OC)c(-c2csc(=NC3CCCCC3)n2N=CC2CC3C=CC2C3)c1. The van der Waals surface area contributed by atoms with Crippen molar-refractivity contribution < 1.29 is 9.47 Å². The van der Waals surface area contributed by atoms with Gasteiger partial charge in [-0.15, -0.1) is 11.3 Å². The van der Waals surface area contributed by atoms with Gasteiger partial charge in [0.25, 0.3) is 0 Å². The number of nitrogens with zero attached hydrogens (tertiary/aromatic N) is 3. The number of allylic oxidation sites excluding steroid dienone is 2. The van der Waals surface area contributed by atoms with Gasteiger partial charge >= 0.3 is 0 Å². The first-order chi connectivity index (χ1) is 15.2. The van der Waals surface area contributed by atoms with Crippen LogP contribution in [0.5, 0.6) is 11.5 Å². The number of hydrogen-bond donors (Lipinski definition) is 0. The molecule has 1 heterocycles. The van der Waals surface area contributed by atoms with Crippen LogP contribution in [0.25, 0.3) is 11.3 Å². The molecule has 5 nitrogen and oxygen atoms in total. The number of ether oxygens (including phenoxy) is 2. The van der Waals surface area contributed by atoms with E-state index >= 15 is 0 Å². The molecule has 0 spiro atoms. The third-order valence-electron chi connectivity index (χ3n) is 6.94. The molecule has 0 saturated heterocycles. The van der Waals surface area contributed by atoms with E-state index in [1.807, 2.05) is 22.9 Å². The Kier molecular flexibility index (Phi) is 5.99. The van der Waals surface area contributed by atoms with Crippen LogP contribution in [-0.4, -0.2) is 31.2 Å². The highest BCUT2D eigenvalue weighted by Gasteiger charge is 2.34. The van der Waals surface area contributed by atoms with E-state index in [1.54, 1.807) is 25.6 Å². The lowest BCUT2D eigenvalue weighted by molar-refractivity contribution is 0.404.